The quantitative estimate of drug-likeness (QED) is 0.631. The number of rotatable bonds is 6. The zero-order valence-corrected chi connectivity index (χ0v) is 20.4. The lowest BCUT2D eigenvalue weighted by molar-refractivity contribution is -0.135. The second kappa shape index (κ2) is 10.8. The van der Waals surface area contributed by atoms with Crippen LogP contribution in [0.25, 0.3) is 0 Å². The molecule has 0 bridgehead atoms. The topological polar surface area (TPSA) is 88.2 Å². The molecule has 2 fully saturated rings. The summed E-state index contributed by atoms with van der Waals surface area (Å²) in [4.78, 5) is 41.2. The highest BCUT2D eigenvalue weighted by Crippen LogP contribution is 2.40. The Balaban J connectivity index is 1.26. The molecule has 2 heterocycles. The Morgan fingerprint density at radius 3 is 2.40 bits per heavy atom. The van der Waals surface area contributed by atoms with Crippen LogP contribution in [0.5, 0.6) is 5.75 Å². The molecule has 2 aliphatic heterocycles. The first-order chi connectivity index (χ1) is 16.9. The molecule has 2 aliphatic rings. The van der Waals surface area contributed by atoms with Gasteiger partial charge < -0.3 is 24.6 Å². The Hall–Kier alpha value is -3.55. The van der Waals surface area contributed by atoms with Crippen LogP contribution in [0.4, 0.5) is 10.5 Å². The molecule has 0 saturated carbocycles. The van der Waals surface area contributed by atoms with E-state index in [-0.39, 0.29) is 24.0 Å². The summed E-state index contributed by atoms with van der Waals surface area (Å²) in [5, 5.41) is 2.91. The van der Waals surface area contributed by atoms with E-state index < -0.39 is 5.97 Å². The molecule has 0 radical (unpaired) electrons. The van der Waals surface area contributed by atoms with Crippen LogP contribution in [0.3, 0.4) is 0 Å². The number of anilines is 1. The van der Waals surface area contributed by atoms with Crippen LogP contribution < -0.4 is 10.1 Å². The number of carbonyl (C=O) groups is 3. The minimum Gasteiger partial charge on any atom is -0.484 e. The van der Waals surface area contributed by atoms with Gasteiger partial charge in [-0.1, -0.05) is 24.3 Å². The Bertz CT molecular complexity index is 1080. The first-order valence-electron chi connectivity index (χ1n) is 12.2. The van der Waals surface area contributed by atoms with Crippen LogP contribution in [-0.2, 0) is 9.53 Å². The predicted molar refractivity (Wildman–Crippen MR) is 133 cm³/mol. The van der Waals surface area contributed by atoms with Crippen LogP contribution in [0, 0.1) is 12.3 Å². The summed E-state index contributed by atoms with van der Waals surface area (Å²) in [6.45, 7) is 6.74. The third-order valence-electron chi connectivity index (χ3n) is 6.97. The van der Waals surface area contributed by atoms with Gasteiger partial charge in [0.15, 0.2) is 6.61 Å². The number of nitrogens with one attached hydrogen (secondary N) is 1. The monoisotopic (exact) mass is 479 g/mol. The number of aryl methyl sites for hydroxylation is 1. The van der Waals surface area contributed by atoms with Gasteiger partial charge in [-0.25, -0.2) is 9.59 Å². The standard InChI is InChI=1S/C27H33N3O5/c1-3-34-25(32)21-8-6-9-22(17-21)28-26(33)30-16-13-27(19-30)11-14-29(15-12-27)24(31)18-35-23-10-5-4-7-20(23)2/h4-10,17H,3,11-16,18-19H2,1-2H3,(H,28,33). The van der Waals surface area contributed by atoms with Crippen LogP contribution in [0.1, 0.15) is 42.1 Å². The molecular formula is C27H33N3O5. The molecule has 1 N–H and O–H groups in total. The first kappa shape index (κ1) is 24.6. The van der Waals surface area contributed by atoms with E-state index in [1.165, 1.54) is 0 Å². The first-order valence-corrected chi connectivity index (χ1v) is 12.2. The molecule has 2 aromatic rings. The van der Waals surface area contributed by atoms with Crippen molar-refractivity contribution in [3.8, 4) is 5.75 Å². The molecule has 186 valence electrons. The molecule has 8 nitrogen and oxygen atoms in total. The maximum absolute atomic E-state index is 12.9. The van der Waals surface area contributed by atoms with Crippen LogP contribution >= 0.6 is 0 Å². The molecule has 0 atom stereocenters. The van der Waals surface area contributed by atoms with Gasteiger partial charge >= 0.3 is 12.0 Å². The van der Waals surface area contributed by atoms with Crippen LogP contribution in [0.15, 0.2) is 48.5 Å². The lowest BCUT2D eigenvalue weighted by Crippen LogP contribution is -2.46. The molecule has 3 amide bonds. The van der Waals surface area contributed by atoms with Gasteiger partial charge in [0.05, 0.1) is 12.2 Å². The van der Waals surface area contributed by atoms with Crippen molar-refractivity contribution < 1.29 is 23.9 Å². The highest BCUT2D eigenvalue weighted by molar-refractivity contribution is 5.94. The Kier molecular flexibility index (Phi) is 7.58. The number of esters is 1. The van der Waals surface area contributed by atoms with Crippen molar-refractivity contribution in [3.05, 3.63) is 59.7 Å². The smallest absolute Gasteiger partial charge is 0.338 e. The van der Waals surface area contributed by atoms with Crippen molar-refractivity contribution in [2.45, 2.75) is 33.1 Å². The van der Waals surface area contributed by atoms with Crippen molar-refractivity contribution in [1.82, 2.24) is 9.80 Å². The highest BCUT2D eigenvalue weighted by atomic mass is 16.5. The molecular weight excluding hydrogens is 446 g/mol. The number of hydrogen-bond acceptors (Lipinski definition) is 5. The predicted octanol–water partition coefficient (Wildman–Crippen LogP) is 4.10. The second-order valence-corrected chi connectivity index (χ2v) is 9.34. The minimum atomic E-state index is -0.408. The van der Waals surface area contributed by atoms with Gasteiger partial charge in [0.25, 0.3) is 5.91 Å². The molecule has 2 saturated heterocycles. The molecule has 0 aliphatic carbocycles. The van der Waals surface area contributed by atoms with Gasteiger partial charge in [0, 0.05) is 31.9 Å². The number of nitrogens with zero attached hydrogens (tertiary/aromatic N) is 2. The van der Waals surface area contributed by atoms with Crippen molar-refractivity contribution in [2.75, 3.05) is 44.7 Å². The molecule has 4 rings (SSSR count). The zero-order valence-electron chi connectivity index (χ0n) is 20.4. The summed E-state index contributed by atoms with van der Waals surface area (Å²) < 4.78 is 10.8. The largest absolute Gasteiger partial charge is 0.484 e. The van der Waals surface area contributed by atoms with E-state index >= 15 is 0 Å². The van der Waals surface area contributed by atoms with E-state index in [0.717, 1.165) is 30.6 Å². The summed E-state index contributed by atoms with van der Waals surface area (Å²) in [6.07, 6.45) is 2.65. The van der Waals surface area contributed by atoms with E-state index in [4.69, 9.17) is 9.47 Å². The normalized spacial score (nSPS) is 16.7. The van der Waals surface area contributed by atoms with Crippen molar-refractivity contribution in [3.63, 3.8) is 0 Å². The van der Waals surface area contributed by atoms with Crippen molar-refractivity contribution in [1.29, 1.82) is 0 Å². The zero-order chi connectivity index (χ0) is 24.8. The number of carbonyl (C=O) groups excluding carboxylic acids is 3. The third kappa shape index (κ3) is 5.93. The lowest BCUT2D eigenvalue weighted by atomic mass is 9.78. The molecule has 35 heavy (non-hydrogen) atoms. The number of hydrogen-bond donors (Lipinski definition) is 1. The van der Waals surface area contributed by atoms with Crippen molar-refractivity contribution >= 4 is 23.6 Å². The lowest BCUT2D eigenvalue weighted by Gasteiger charge is -2.39. The van der Waals surface area contributed by atoms with Crippen LogP contribution in [0.2, 0.25) is 0 Å². The fourth-order valence-electron chi connectivity index (χ4n) is 4.84. The Morgan fingerprint density at radius 1 is 0.971 bits per heavy atom. The SMILES string of the molecule is CCOC(=O)c1cccc(NC(=O)N2CCC3(CCN(C(=O)COc4ccccc4C)CC3)C2)c1. The van der Waals surface area contributed by atoms with E-state index in [2.05, 4.69) is 5.32 Å². The maximum Gasteiger partial charge on any atom is 0.338 e. The molecule has 1 spiro atoms. The van der Waals surface area contributed by atoms with E-state index in [1.807, 2.05) is 41.0 Å². The van der Waals surface area contributed by atoms with Gasteiger partial charge in [-0.2, -0.15) is 0 Å². The summed E-state index contributed by atoms with van der Waals surface area (Å²) in [5.41, 5.74) is 2.02. The van der Waals surface area contributed by atoms with E-state index in [9.17, 15) is 14.4 Å². The number of para-hydroxylation sites is 1. The van der Waals surface area contributed by atoms with Gasteiger partial charge in [-0.05, 0) is 68.4 Å². The molecule has 8 heteroatoms. The number of likely N-dealkylation sites (tertiary alicyclic amines) is 2. The summed E-state index contributed by atoms with van der Waals surface area (Å²) in [7, 11) is 0. The number of urea groups is 1. The van der Waals surface area contributed by atoms with E-state index in [1.54, 1.807) is 31.2 Å². The average Bonchev–Trinajstić information content (AvgIpc) is 3.28. The third-order valence-corrected chi connectivity index (χ3v) is 6.97. The number of piperidine rings is 1. The molecule has 0 unspecified atom stereocenters. The fourth-order valence-corrected chi connectivity index (χ4v) is 4.84. The number of benzene rings is 2. The van der Waals surface area contributed by atoms with Gasteiger partial charge in [0.1, 0.15) is 5.75 Å². The Morgan fingerprint density at radius 2 is 1.69 bits per heavy atom. The minimum absolute atomic E-state index is 0.00261. The molecule has 2 aromatic carbocycles. The van der Waals surface area contributed by atoms with Gasteiger partial charge in [0.2, 0.25) is 0 Å². The second-order valence-electron chi connectivity index (χ2n) is 9.34. The highest BCUT2D eigenvalue weighted by Gasteiger charge is 2.42. The van der Waals surface area contributed by atoms with Gasteiger partial charge in [-0.3, -0.25) is 4.79 Å². The van der Waals surface area contributed by atoms with Gasteiger partial charge in [-0.15, -0.1) is 0 Å². The summed E-state index contributed by atoms with van der Waals surface area (Å²) >= 11 is 0. The Labute approximate surface area is 206 Å². The number of ether oxygens (including phenoxy) is 2. The van der Waals surface area contributed by atoms with Crippen LogP contribution in [-0.4, -0.2) is 67.1 Å². The maximum atomic E-state index is 12.9. The summed E-state index contributed by atoms with van der Waals surface area (Å²) in [5.74, 6) is 0.325. The fraction of sp³-hybridized carbons (Fsp3) is 0.444. The molecule has 0 aromatic heterocycles. The van der Waals surface area contributed by atoms with E-state index in [0.29, 0.717) is 44.0 Å². The van der Waals surface area contributed by atoms with Crippen molar-refractivity contribution in [2.24, 2.45) is 5.41 Å². The number of amides is 3. The average molecular weight is 480 g/mol. The summed E-state index contributed by atoms with van der Waals surface area (Å²) in [6, 6.07) is 14.3.